The van der Waals surface area contributed by atoms with Gasteiger partial charge in [-0.3, -0.25) is 0 Å². The molecule has 1 heterocycles. The summed E-state index contributed by atoms with van der Waals surface area (Å²) in [6.45, 7) is 6.28. The summed E-state index contributed by atoms with van der Waals surface area (Å²) in [7, 11) is 0. The maximum absolute atomic E-state index is 9.22. The molecule has 0 aromatic rings. The minimum absolute atomic E-state index is 0.0637. The normalized spacial score (nSPS) is 36.9. The fraction of sp³-hybridized carbons (Fsp3) is 0.714. The van der Waals surface area contributed by atoms with Crippen molar-refractivity contribution in [3.05, 3.63) is 12.2 Å². The van der Waals surface area contributed by atoms with Crippen LogP contribution in [0.2, 0.25) is 0 Å². The van der Waals surface area contributed by atoms with Crippen LogP contribution in [-0.4, -0.2) is 23.9 Å². The third kappa shape index (κ3) is 1.32. The van der Waals surface area contributed by atoms with Crippen LogP contribution in [0, 0.1) is 0 Å². The third-order valence-corrected chi connectivity index (χ3v) is 1.67. The summed E-state index contributed by atoms with van der Waals surface area (Å²) in [5.74, 6) is 0. The van der Waals surface area contributed by atoms with E-state index in [0.29, 0.717) is 6.61 Å². The highest BCUT2D eigenvalue weighted by atomic mass is 16.5. The first kappa shape index (κ1) is 6.78. The molecule has 0 amide bonds. The van der Waals surface area contributed by atoms with Gasteiger partial charge >= 0.3 is 0 Å². The first-order valence-corrected chi connectivity index (χ1v) is 3.19. The monoisotopic (exact) mass is 128 g/mol. The van der Waals surface area contributed by atoms with E-state index in [2.05, 4.69) is 6.58 Å². The van der Waals surface area contributed by atoms with Gasteiger partial charge in [0, 0.05) is 0 Å². The molecule has 0 aromatic heterocycles. The SMILES string of the molecule is C=C1CCO[C@@H](C)[C@@H]1O. The first-order chi connectivity index (χ1) is 4.22. The molecule has 0 bridgehead atoms. The van der Waals surface area contributed by atoms with Gasteiger partial charge in [-0.25, -0.2) is 0 Å². The number of hydrogen-bond acceptors (Lipinski definition) is 2. The Morgan fingerprint density at radius 1 is 1.78 bits per heavy atom. The maximum atomic E-state index is 9.22. The van der Waals surface area contributed by atoms with Gasteiger partial charge in [-0.2, -0.15) is 0 Å². The van der Waals surface area contributed by atoms with Crippen molar-refractivity contribution in [3.8, 4) is 0 Å². The Kier molecular flexibility index (Phi) is 1.88. The standard InChI is InChI=1S/C7H12O2/c1-5-3-4-9-6(2)7(5)8/h6-8H,1,3-4H2,2H3/t6-,7+/m0/s1. The van der Waals surface area contributed by atoms with Crippen molar-refractivity contribution in [2.75, 3.05) is 6.61 Å². The molecule has 0 aliphatic carbocycles. The second-order valence-electron chi connectivity index (χ2n) is 2.43. The lowest BCUT2D eigenvalue weighted by Crippen LogP contribution is -2.32. The van der Waals surface area contributed by atoms with Gasteiger partial charge in [0.1, 0.15) is 6.10 Å². The second kappa shape index (κ2) is 2.50. The van der Waals surface area contributed by atoms with Crippen molar-refractivity contribution in [2.24, 2.45) is 0 Å². The molecule has 1 N–H and O–H groups in total. The van der Waals surface area contributed by atoms with Gasteiger partial charge in [-0.05, 0) is 18.9 Å². The van der Waals surface area contributed by atoms with Gasteiger partial charge in [-0.1, -0.05) is 6.58 Å². The Bertz CT molecular complexity index is 120. The van der Waals surface area contributed by atoms with Crippen LogP contribution in [-0.2, 0) is 4.74 Å². The molecular weight excluding hydrogens is 116 g/mol. The first-order valence-electron chi connectivity index (χ1n) is 3.19. The zero-order valence-electron chi connectivity index (χ0n) is 5.63. The number of hydrogen-bond donors (Lipinski definition) is 1. The Balaban J connectivity index is 2.51. The lowest BCUT2D eigenvalue weighted by molar-refractivity contribution is -0.0340. The minimum atomic E-state index is -0.446. The van der Waals surface area contributed by atoms with E-state index >= 15 is 0 Å². The smallest absolute Gasteiger partial charge is 0.101 e. The van der Waals surface area contributed by atoms with Gasteiger partial charge in [0.15, 0.2) is 0 Å². The van der Waals surface area contributed by atoms with Crippen LogP contribution in [0.25, 0.3) is 0 Å². The van der Waals surface area contributed by atoms with Crippen molar-refractivity contribution in [3.63, 3.8) is 0 Å². The highest BCUT2D eigenvalue weighted by Gasteiger charge is 2.21. The van der Waals surface area contributed by atoms with Gasteiger partial charge in [0.2, 0.25) is 0 Å². The van der Waals surface area contributed by atoms with Crippen molar-refractivity contribution in [2.45, 2.75) is 25.6 Å². The van der Waals surface area contributed by atoms with Crippen LogP contribution in [0.5, 0.6) is 0 Å². The Morgan fingerprint density at radius 2 is 2.44 bits per heavy atom. The molecule has 9 heavy (non-hydrogen) atoms. The van der Waals surface area contributed by atoms with Crippen LogP contribution in [0.15, 0.2) is 12.2 Å². The molecule has 0 spiro atoms. The molecule has 0 radical (unpaired) electrons. The molecule has 1 aliphatic rings. The van der Waals surface area contributed by atoms with Crippen molar-refractivity contribution in [1.82, 2.24) is 0 Å². The lowest BCUT2D eigenvalue weighted by Gasteiger charge is -2.26. The average Bonchev–Trinajstić information content (AvgIpc) is 1.83. The molecule has 2 nitrogen and oxygen atoms in total. The van der Waals surface area contributed by atoms with E-state index in [0.717, 1.165) is 12.0 Å². The Hall–Kier alpha value is -0.340. The van der Waals surface area contributed by atoms with E-state index in [-0.39, 0.29) is 6.10 Å². The minimum Gasteiger partial charge on any atom is -0.386 e. The van der Waals surface area contributed by atoms with Crippen LogP contribution >= 0.6 is 0 Å². The summed E-state index contributed by atoms with van der Waals surface area (Å²) in [6, 6.07) is 0. The number of aliphatic hydroxyl groups is 1. The quantitative estimate of drug-likeness (QED) is 0.487. The summed E-state index contributed by atoms with van der Waals surface area (Å²) in [5, 5.41) is 9.22. The van der Waals surface area contributed by atoms with E-state index < -0.39 is 6.10 Å². The molecule has 2 heteroatoms. The zero-order valence-corrected chi connectivity index (χ0v) is 5.63. The number of aliphatic hydroxyl groups excluding tert-OH is 1. The summed E-state index contributed by atoms with van der Waals surface area (Å²) < 4.78 is 5.15. The van der Waals surface area contributed by atoms with Crippen molar-refractivity contribution in [1.29, 1.82) is 0 Å². The van der Waals surface area contributed by atoms with Crippen LogP contribution in [0.3, 0.4) is 0 Å². The topological polar surface area (TPSA) is 29.5 Å². The summed E-state index contributed by atoms with van der Waals surface area (Å²) in [6.07, 6.45) is 0.288. The molecule has 1 fully saturated rings. The van der Waals surface area contributed by atoms with Gasteiger partial charge in [0.05, 0.1) is 12.7 Å². The van der Waals surface area contributed by atoms with Crippen LogP contribution in [0.4, 0.5) is 0 Å². The van der Waals surface area contributed by atoms with Crippen LogP contribution < -0.4 is 0 Å². The van der Waals surface area contributed by atoms with Crippen LogP contribution in [0.1, 0.15) is 13.3 Å². The lowest BCUT2D eigenvalue weighted by atomic mass is 10.0. The number of ether oxygens (including phenoxy) is 1. The van der Waals surface area contributed by atoms with Gasteiger partial charge < -0.3 is 9.84 Å². The summed E-state index contributed by atoms with van der Waals surface area (Å²) in [4.78, 5) is 0. The highest BCUT2D eigenvalue weighted by Crippen LogP contribution is 2.17. The molecule has 1 aliphatic heterocycles. The predicted octanol–water partition coefficient (Wildman–Crippen LogP) is 0.712. The molecule has 1 rings (SSSR count). The van der Waals surface area contributed by atoms with Crippen molar-refractivity contribution >= 4 is 0 Å². The molecule has 2 atom stereocenters. The summed E-state index contributed by atoms with van der Waals surface area (Å²) in [5.41, 5.74) is 0.897. The average molecular weight is 128 g/mol. The van der Waals surface area contributed by atoms with E-state index in [1.54, 1.807) is 0 Å². The predicted molar refractivity (Wildman–Crippen MR) is 35.2 cm³/mol. The number of rotatable bonds is 0. The zero-order chi connectivity index (χ0) is 6.85. The maximum Gasteiger partial charge on any atom is 0.101 e. The fourth-order valence-corrected chi connectivity index (χ4v) is 0.947. The molecule has 0 unspecified atom stereocenters. The van der Waals surface area contributed by atoms with E-state index in [9.17, 15) is 5.11 Å². The van der Waals surface area contributed by atoms with E-state index in [1.165, 1.54) is 0 Å². The van der Waals surface area contributed by atoms with E-state index in [4.69, 9.17) is 4.74 Å². The second-order valence-corrected chi connectivity index (χ2v) is 2.43. The Morgan fingerprint density at radius 3 is 2.89 bits per heavy atom. The molecule has 0 saturated carbocycles. The highest BCUT2D eigenvalue weighted by molar-refractivity contribution is 5.06. The van der Waals surface area contributed by atoms with Crippen molar-refractivity contribution < 1.29 is 9.84 Å². The molecular formula is C7H12O2. The third-order valence-electron chi connectivity index (χ3n) is 1.67. The Labute approximate surface area is 55.1 Å². The van der Waals surface area contributed by atoms with E-state index in [1.807, 2.05) is 6.92 Å². The molecule has 52 valence electrons. The van der Waals surface area contributed by atoms with Gasteiger partial charge in [-0.15, -0.1) is 0 Å². The summed E-state index contributed by atoms with van der Waals surface area (Å²) >= 11 is 0. The molecule has 1 saturated heterocycles. The van der Waals surface area contributed by atoms with Gasteiger partial charge in [0.25, 0.3) is 0 Å². The molecule has 0 aromatic carbocycles. The fourth-order valence-electron chi connectivity index (χ4n) is 0.947. The largest absolute Gasteiger partial charge is 0.386 e.